The zero-order chi connectivity index (χ0) is 17.6. The third-order valence-corrected chi connectivity index (χ3v) is 4.56. The van der Waals surface area contributed by atoms with Gasteiger partial charge in [0.25, 0.3) is 0 Å². The van der Waals surface area contributed by atoms with E-state index in [1.807, 2.05) is 0 Å². The Morgan fingerprint density at radius 1 is 1.28 bits per heavy atom. The smallest absolute Gasteiger partial charge is 0.305 e. The Morgan fingerprint density at radius 2 is 2.08 bits per heavy atom. The lowest BCUT2D eigenvalue weighted by Gasteiger charge is -2.04. The van der Waals surface area contributed by atoms with E-state index < -0.39 is 0 Å². The number of hydrogen-bond acceptors (Lipinski definition) is 6. The first-order valence-corrected chi connectivity index (χ1v) is 8.90. The Labute approximate surface area is 148 Å². The summed E-state index contributed by atoms with van der Waals surface area (Å²) >= 11 is 1.55. The van der Waals surface area contributed by atoms with Gasteiger partial charge in [0.1, 0.15) is 17.2 Å². The SMILES string of the molecule is CCOC(=O)CCCSc1ncnc2c1cnn2-c1ccc(F)cc1. The van der Waals surface area contributed by atoms with Crippen molar-refractivity contribution < 1.29 is 13.9 Å². The van der Waals surface area contributed by atoms with Gasteiger partial charge in [0.15, 0.2) is 5.65 Å². The highest BCUT2D eigenvalue weighted by Gasteiger charge is 2.12. The number of fused-ring (bicyclic) bond motifs is 1. The molecule has 2 heterocycles. The van der Waals surface area contributed by atoms with E-state index in [0.717, 1.165) is 21.9 Å². The predicted molar refractivity (Wildman–Crippen MR) is 93.2 cm³/mol. The van der Waals surface area contributed by atoms with Crippen molar-refractivity contribution in [3.05, 3.63) is 42.6 Å². The molecule has 0 saturated carbocycles. The van der Waals surface area contributed by atoms with Crippen molar-refractivity contribution in [1.82, 2.24) is 19.7 Å². The third-order valence-electron chi connectivity index (χ3n) is 3.47. The van der Waals surface area contributed by atoms with Crippen molar-refractivity contribution in [2.45, 2.75) is 24.8 Å². The van der Waals surface area contributed by atoms with E-state index in [1.54, 1.807) is 41.7 Å². The molecule has 0 aliphatic rings. The topological polar surface area (TPSA) is 69.9 Å². The highest BCUT2D eigenvalue weighted by Crippen LogP contribution is 2.26. The zero-order valence-electron chi connectivity index (χ0n) is 13.7. The Balaban J connectivity index is 1.73. The van der Waals surface area contributed by atoms with Crippen LogP contribution in [0.1, 0.15) is 19.8 Å². The van der Waals surface area contributed by atoms with Gasteiger partial charge in [0, 0.05) is 12.2 Å². The minimum atomic E-state index is -0.298. The van der Waals surface area contributed by atoms with E-state index in [1.165, 1.54) is 18.5 Å². The Bertz CT molecular complexity index is 867. The minimum absolute atomic E-state index is 0.180. The predicted octanol–water partition coefficient (Wildman–Crippen LogP) is 3.39. The summed E-state index contributed by atoms with van der Waals surface area (Å²) in [6.45, 7) is 2.20. The molecule has 0 bridgehead atoms. The summed E-state index contributed by atoms with van der Waals surface area (Å²) in [4.78, 5) is 19.9. The van der Waals surface area contributed by atoms with Gasteiger partial charge in [-0.05, 0) is 37.6 Å². The second-order valence-electron chi connectivity index (χ2n) is 5.21. The van der Waals surface area contributed by atoms with Crippen molar-refractivity contribution in [1.29, 1.82) is 0 Å². The Kier molecular flexibility index (Phi) is 5.60. The van der Waals surface area contributed by atoms with E-state index in [-0.39, 0.29) is 11.8 Å². The van der Waals surface area contributed by atoms with Gasteiger partial charge in [-0.3, -0.25) is 4.79 Å². The molecule has 2 aromatic heterocycles. The molecule has 0 aliphatic carbocycles. The second kappa shape index (κ2) is 8.06. The summed E-state index contributed by atoms with van der Waals surface area (Å²) in [6, 6.07) is 6.07. The van der Waals surface area contributed by atoms with Crippen LogP contribution in [0, 0.1) is 5.82 Å². The van der Waals surface area contributed by atoms with Crippen LogP contribution in [-0.4, -0.2) is 38.1 Å². The largest absolute Gasteiger partial charge is 0.466 e. The summed E-state index contributed by atoms with van der Waals surface area (Å²) in [7, 11) is 0. The Hall–Kier alpha value is -2.48. The molecule has 6 nitrogen and oxygen atoms in total. The number of thioether (sulfide) groups is 1. The molecule has 0 radical (unpaired) electrons. The second-order valence-corrected chi connectivity index (χ2v) is 6.29. The molecule has 0 amide bonds. The van der Waals surface area contributed by atoms with Crippen molar-refractivity contribution >= 4 is 28.8 Å². The monoisotopic (exact) mass is 360 g/mol. The minimum Gasteiger partial charge on any atom is -0.466 e. The van der Waals surface area contributed by atoms with Crippen LogP contribution in [-0.2, 0) is 9.53 Å². The fourth-order valence-electron chi connectivity index (χ4n) is 2.33. The number of ether oxygens (including phenoxy) is 1. The normalized spacial score (nSPS) is 11.0. The molecular weight excluding hydrogens is 343 g/mol. The van der Waals surface area contributed by atoms with Crippen LogP contribution >= 0.6 is 11.8 Å². The van der Waals surface area contributed by atoms with E-state index >= 15 is 0 Å². The van der Waals surface area contributed by atoms with Gasteiger partial charge >= 0.3 is 5.97 Å². The average Bonchev–Trinajstić information content (AvgIpc) is 3.04. The van der Waals surface area contributed by atoms with Gasteiger partial charge in [-0.1, -0.05) is 0 Å². The Morgan fingerprint density at radius 3 is 2.84 bits per heavy atom. The van der Waals surface area contributed by atoms with Crippen LogP contribution in [0.5, 0.6) is 0 Å². The highest BCUT2D eigenvalue weighted by molar-refractivity contribution is 7.99. The van der Waals surface area contributed by atoms with Crippen LogP contribution in [0.2, 0.25) is 0 Å². The molecule has 0 aliphatic heterocycles. The summed E-state index contributed by atoms with van der Waals surface area (Å²) in [5, 5.41) is 5.98. The van der Waals surface area contributed by atoms with Crippen molar-refractivity contribution in [3.8, 4) is 5.69 Å². The van der Waals surface area contributed by atoms with Crippen molar-refractivity contribution in [2.75, 3.05) is 12.4 Å². The molecule has 0 N–H and O–H groups in total. The number of nitrogens with zero attached hydrogens (tertiary/aromatic N) is 4. The fraction of sp³-hybridized carbons (Fsp3) is 0.294. The van der Waals surface area contributed by atoms with Crippen LogP contribution in [0.15, 0.2) is 41.8 Å². The molecule has 0 unspecified atom stereocenters. The number of aromatic nitrogens is 4. The fourth-order valence-corrected chi connectivity index (χ4v) is 3.23. The van der Waals surface area contributed by atoms with Gasteiger partial charge in [0.2, 0.25) is 0 Å². The van der Waals surface area contributed by atoms with Gasteiger partial charge in [-0.25, -0.2) is 19.0 Å². The number of halogens is 1. The summed E-state index contributed by atoms with van der Waals surface area (Å²) in [5.41, 5.74) is 1.39. The average molecular weight is 360 g/mol. The number of esters is 1. The number of carbonyl (C=O) groups excluding carboxylic acids is 1. The van der Waals surface area contributed by atoms with Crippen LogP contribution in [0.25, 0.3) is 16.7 Å². The maximum absolute atomic E-state index is 13.1. The number of rotatable bonds is 7. The zero-order valence-corrected chi connectivity index (χ0v) is 14.5. The first-order chi connectivity index (χ1) is 12.2. The first kappa shape index (κ1) is 17.3. The van der Waals surface area contributed by atoms with Crippen LogP contribution in [0.4, 0.5) is 4.39 Å². The van der Waals surface area contributed by atoms with Gasteiger partial charge in [-0.15, -0.1) is 11.8 Å². The molecule has 0 spiro atoms. The molecule has 25 heavy (non-hydrogen) atoms. The van der Waals surface area contributed by atoms with Crippen molar-refractivity contribution in [2.24, 2.45) is 0 Å². The van der Waals surface area contributed by atoms with Gasteiger partial charge in [0.05, 0.1) is 23.9 Å². The lowest BCUT2D eigenvalue weighted by molar-refractivity contribution is -0.143. The van der Waals surface area contributed by atoms with Crippen molar-refractivity contribution in [3.63, 3.8) is 0 Å². The summed E-state index contributed by atoms with van der Waals surface area (Å²) < 4.78 is 19.7. The molecule has 130 valence electrons. The van der Waals surface area contributed by atoms with Crippen LogP contribution in [0.3, 0.4) is 0 Å². The van der Waals surface area contributed by atoms with E-state index in [9.17, 15) is 9.18 Å². The lowest BCUT2D eigenvalue weighted by Crippen LogP contribution is -2.03. The number of benzene rings is 1. The third kappa shape index (κ3) is 4.14. The number of hydrogen-bond donors (Lipinski definition) is 0. The van der Waals surface area contributed by atoms with E-state index in [4.69, 9.17) is 4.74 Å². The van der Waals surface area contributed by atoms with E-state index in [0.29, 0.717) is 25.1 Å². The van der Waals surface area contributed by atoms with Crippen LogP contribution < -0.4 is 0 Å². The molecule has 8 heteroatoms. The lowest BCUT2D eigenvalue weighted by atomic mass is 10.3. The standard InChI is InChI=1S/C17H17FN4O2S/c1-2-24-15(23)4-3-9-25-17-14-10-21-22(16(14)19-11-20-17)13-7-5-12(18)6-8-13/h5-8,10-11H,2-4,9H2,1H3. The molecule has 3 rings (SSSR count). The molecule has 0 atom stereocenters. The maximum atomic E-state index is 13.1. The van der Waals surface area contributed by atoms with Gasteiger partial charge < -0.3 is 4.74 Å². The highest BCUT2D eigenvalue weighted by atomic mass is 32.2. The number of carbonyl (C=O) groups is 1. The quantitative estimate of drug-likeness (QED) is 0.278. The van der Waals surface area contributed by atoms with E-state index in [2.05, 4.69) is 15.1 Å². The molecule has 0 fully saturated rings. The molecule has 1 aromatic carbocycles. The summed E-state index contributed by atoms with van der Waals surface area (Å²) in [6.07, 6.45) is 4.29. The molecule has 0 saturated heterocycles. The maximum Gasteiger partial charge on any atom is 0.305 e. The van der Waals surface area contributed by atoms with Gasteiger partial charge in [-0.2, -0.15) is 5.10 Å². The molecular formula is C17H17FN4O2S. The summed E-state index contributed by atoms with van der Waals surface area (Å²) in [5.74, 6) is 0.264. The molecule has 3 aromatic rings. The first-order valence-electron chi connectivity index (χ1n) is 7.92.